The lowest BCUT2D eigenvalue weighted by Gasteiger charge is -2.21. The second-order valence-electron chi connectivity index (χ2n) is 9.65. The zero-order valence-electron chi connectivity index (χ0n) is 21.7. The number of hydrogen-bond acceptors (Lipinski definition) is 17. The van der Waals surface area contributed by atoms with Crippen LogP contribution < -0.4 is 11.5 Å². The van der Waals surface area contributed by atoms with Crippen molar-refractivity contribution in [3.8, 4) is 0 Å². The summed E-state index contributed by atoms with van der Waals surface area (Å²) in [6.07, 6.45) is -9.01. The number of thiazole rings is 1. The van der Waals surface area contributed by atoms with Crippen LogP contribution in [0, 0.1) is 0 Å². The molecule has 0 spiro atoms. The number of nitrogen functional groups attached to an aromatic ring is 1. The summed E-state index contributed by atoms with van der Waals surface area (Å²) >= 11 is 0.932. The van der Waals surface area contributed by atoms with Crippen LogP contribution >= 0.6 is 26.5 Å². The topological polar surface area (TPSA) is 318 Å². The van der Waals surface area contributed by atoms with Gasteiger partial charge in [-0.1, -0.05) is 0 Å². The van der Waals surface area contributed by atoms with E-state index in [1.165, 1.54) is 16.3 Å². The van der Waals surface area contributed by atoms with Crippen LogP contribution in [-0.4, -0.2) is 116 Å². The Morgan fingerprint density at radius 2 is 1.60 bits per heavy atom. The molecule has 3 aromatic heterocycles. The third-order valence-electron chi connectivity index (χ3n) is 6.62. The van der Waals surface area contributed by atoms with Crippen molar-refractivity contribution >= 4 is 49.4 Å². The number of fused-ring (bicyclic) bond motifs is 1. The molecule has 3 aromatic rings. The Morgan fingerprint density at radius 1 is 0.977 bits per heavy atom. The Morgan fingerprint density at radius 3 is 2.23 bits per heavy atom. The third kappa shape index (κ3) is 6.64. The standard InChI is InChI=1S/C20H27N7O13P2S/c21-16-10-18(24-4-23-16)27(5-25-10)20-14(31)12(29)9(40-20)2-38-42(35,36)6-41(33,34)37-1-8-11(28)13(30)15(39-8)19-26-7(3-43-19)17(22)32/h3-5,8-9,11-15,20,28-31H,1-2,6H2,(H2,22,32)(H,33,34)(H,35,36)(H2,21,23,24)/t8-,9-,11+,12+,13?,14?,15-,20-/m1/s1. The normalized spacial score (nSPS) is 32.1. The molecule has 4 unspecified atom stereocenters. The Balaban J connectivity index is 1.15. The molecule has 0 radical (unpaired) electrons. The second kappa shape index (κ2) is 12.1. The molecule has 1 amide bonds. The van der Waals surface area contributed by atoms with Gasteiger partial charge in [0.05, 0.1) is 19.5 Å². The summed E-state index contributed by atoms with van der Waals surface area (Å²) in [5.41, 5.74) is 11.2. The molecule has 10 N–H and O–H groups in total. The number of rotatable bonds is 11. The number of aliphatic hydroxyl groups excluding tert-OH is 4. The number of nitrogens with two attached hydrogens (primary N) is 2. The van der Waals surface area contributed by atoms with E-state index < -0.39 is 89.2 Å². The molecule has 5 rings (SSSR count). The third-order valence-corrected chi connectivity index (χ3v) is 11.5. The fourth-order valence-corrected chi connectivity index (χ4v) is 8.56. The molecule has 0 aliphatic carbocycles. The van der Waals surface area contributed by atoms with Gasteiger partial charge in [-0.3, -0.25) is 18.5 Å². The number of primary amides is 1. The predicted octanol–water partition coefficient (Wildman–Crippen LogP) is -2.19. The van der Waals surface area contributed by atoms with E-state index in [0.29, 0.717) is 0 Å². The molecule has 5 heterocycles. The van der Waals surface area contributed by atoms with E-state index in [1.807, 2.05) is 0 Å². The van der Waals surface area contributed by atoms with Gasteiger partial charge in [-0.15, -0.1) is 11.3 Å². The van der Waals surface area contributed by atoms with Gasteiger partial charge in [-0.2, -0.15) is 0 Å². The van der Waals surface area contributed by atoms with Crippen molar-refractivity contribution in [3.05, 3.63) is 28.7 Å². The summed E-state index contributed by atoms with van der Waals surface area (Å²) in [6.45, 7) is -1.55. The van der Waals surface area contributed by atoms with Gasteiger partial charge in [0, 0.05) is 5.38 Å². The van der Waals surface area contributed by atoms with Crippen LogP contribution in [0.2, 0.25) is 0 Å². The minimum Gasteiger partial charge on any atom is -0.387 e. The van der Waals surface area contributed by atoms with E-state index in [0.717, 1.165) is 17.7 Å². The summed E-state index contributed by atoms with van der Waals surface area (Å²) in [7, 11) is -9.73. The van der Waals surface area contributed by atoms with Gasteiger partial charge in [-0.05, 0) is 0 Å². The molecule has 43 heavy (non-hydrogen) atoms. The van der Waals surface area contributed by atoms with E-state index in [2.05, 4.69) is 19.9 Å². The van der Waals surface area contributed by atoms with E-state index in [9.17, 15) is 44.1 Å². The highest BCUT2D eigenvalue weighted by molar-refractivity contribution is 7.70. The quantitative estimate of drug-likeness (QED) is 0.101. The van der Waals surface area contributed by atoms with Crippen LogP contribution in [0.1, 0.15) is 27.8 Å². The number of imidazole rings is 1. The van der Waals surface area contributed by atoms with E-state index >= 15 is 0 Å². The Bertz CT molecular complexity index is 1590. The number of anilines is 1. The number of carbonyl (C=O) groups is 1. The fourth-order valence-electron chi connectivity index (χ4n) is 4.46. The van der Waals surface area contributed by atoms with Gasteiger partial charge in [0.25, 0.3) is 5.91 Å². The maximum atomic E-state index is 12.6. The van der Waals surface area contributed by atoms with E-state index in [-0.39, 0.29) is 27.7 Å². The van der Waals surface area contributed by atoms with Gasteiger partial charge in [0.1, 0.15) is 65.3 Å². The number of hydrogen-bond donors (Lipinski definition) is 8. The zero-order valence-corrected chi connectivity index (χ0v) is 24.3. The first kappa shape index (κ1) is 31.9. The summed E-state index contributed by atoms with van der Waals surface area (Å²) in [4.78, 5) is 47.5. The molecular weight excluding hydrogens is 640 g/mol. The van der Waals surface area contributed by atoms with Crippen molar-refractivity contribution < 1.29 is 62.7 Å². The SMILES string of the molecule is NC(=O)c1csc([C@@H]2O[C@H](COP(=O)(O)CP(=O)(O)OC[C@H]3O[C@@H](n4cnc5c(N)ncnc54)C(O)[C@H]3O)[C@H](O)C2O)n1. The number of aromatic nitrogens is 5. The molecule has 236 valence electrons. The largest absolute Gasteiger partial charge is 0.387 e. The average Bonchev–Trinajstić information content (AvgIpc) is 3.70. The molecule has 0 bridgehead atoms. The first-order valence-corrected chi connectivity index (χ1v) is 16.7. The second-order valence-corrected chi connectivity index (χ2v) is 14.7. The first-order valence-electron chi connectivity index (χ1n) is 12.3. The lowest BCUT2D eigenvalue weighted by Crippen LogP contribution is -2.33. The van der Waals surface area contributed by atoms with Gasteiger partial charge in [-0.25, -0.2) is 19.9 Å². The molecule has 0 saturated carbocycles. The van der Waals surface area contributed by atoms with Crippen LogP contribution in [0.5, 0.6) is 0 Å². The van der Waals surface area contributed by atoms with Crippen LogP contribution in [0.3, 0.4) is 0 Å². The van der Waals surface area contributed by atoms with Crippen LogP contribution in [-0.2, 0) is 27.7 Å². The fraction of sp³-hybridized carbons (Fsp3) is 0.550. The number of amides is 1. The van der Waals surface area contributed by atoms with Gasteiger partial charge in [0.15, 0.2) is 23.6 Å². The zero-order chi connectivity index (χ0) is 31.3. The molecule has 10 atom stereocenters. The monoisotopic (exact) mass is 667 g/mol. The van der Waals surface area contributed by atoms with E-state index in [4.69, 9.17) is 30.0 Å². The summed E-state index contributed by atoms with van der Waals surface area (Å²) in [5, 5.41) is 43.0. The molecule has 2 saturated heterocycles. The van der Waals surface area contributed by atoms with Crippen molar-refractivity contribution in [2.75, 3.05) is 24.9 Å². The molecule has 2 fully saturated rings. The molecule has 2 aliphatic rings. The lowest BCUT2D eigenvalue weighted by molar-refractivity contribution is -0.0484. The number of nitrogens with zero attached hydrogens (tertiary/aromatic N) is 5. The van der Waals surface area contributed by atoms with Crippen LogP contribution in [0.4, 0.5) is 5.82 Å². The Kier molecular flexibility index (Phi) is 9.00. The van der Waals surface area contributed by atoms with Crippen molar-refractivity contribution in [1.82, 2.24) is 24.5 Å². The lowest BCUT2D eigenvalue weighted by atomic mass is 10.1. The van der Waals surface area contributed by atoms with Gasteiger partial charge >= 0.3 is 15.2 Å². The molecule has 2 aliphatic heterocycles. The van der Waals surface area contributed by atoms with Crippen molar-refractivity contribution in [2.24, 2.45) is 5.73 Å². The maximum absolute atomic E-state index is 12.6. The minimum atomic E-state index is -4.87. The minimum absolute atomic E-state index is 0.0665. The predicted molar refractivity (Wildman–Crippen MR) is 142 cm³/mol. The highest BCUT2D eigenvalue weighted by Crippen LogP contribution is 2.58. The van der Waals surface area contributed by atoms with Crippen molar-refractivity contribution in [1.29, 1.82) is 0 Å². The molecular formula is C20H27N7O13P2S. The van der Waals surface area contributed by atoms with Crippen LogP contribution in [0.25, 0.3) is 11.2 Å². The maximum Gasteiger partial charge on any atom is 0.340 e. The molecule has 0 aromatic carbocycles. The average molecular weight is 667 g/mol. The number of carbonyl (C=O) groups excluding carboxylic acids is 1. The van der Waals surface area contributed by atoms with Gasteiger partial charge in [0.2, 0.25) is 0 Å². The Hall–Kier alpha value is -2.49. The van der Waals surface area contributed by atoms with Crippen molar-refractivity contribution in [2.45, 2.75) is 49.0 Å². The smallest absolute Gasteiger partial charge is 0.340 e. The number of ether oxygens (including phenoxy) is 2. The molecule has 23 heteroatoms. The first-order chi connectivity index (χ1) is 20.2. The van der Waals surface area contributed by atoms with E-state index in [1.54, 1.807) is 0 Å². The number of aliphatic hydroxyl groups is 4. The van der Waals surface area contributed by atoms with Crippen molar-refractivity contribution in [3.63, 3.8) is 0 Å². The van der Waals surface area contributed by atoms with Crippen LogP contribution in [0.15, 0.2) is 18.0 Å². The summed E-state index contributed by atoms with van der Waals surface area (Å²) in [5.74, 6) is -2.14. The summed E-state index contributed by atoms with van der Waals surface area (Å²) in [6, 6.07) is 0. The van der Waals surface area contributed by atoms with Gasteiger partial charge < -0.3 is 60.2 Å². The highest BCUT2D eigenvalue weighted by Gasteiger charge is 2.48. The molecule has 20 nitrogen and oxygen atoms in total. The summed E-state index contributed by atoms with van der Waals surface area (Å²) < 4.78 is 47.4. The Labute approximate surface area is 244 Å². The highest BCUT2D eigenvalue weighted by atomic mass is 32.1.